The predicted molar refractivity (Wildman–Crippen MR) is 143 cm³/mol. The van der Waals surface area contributed by atoms with Crippen molar-refractivity contribution >= 4 is 41.3 Å². The van der Waals surface area contributed by atoms with Crippen molar-refractivity contribution in [2.75, 3.05) is 33.2 Å². The molecular weight excluding hydrogens is 478 g/mol. The topological polar surface area (TPSA) is 43.9 Å². The van der Waals surface area contributed by atoms with Gasteiger partial charge in [0.25, 0.3) is 5.91 Å². The fraction of sp³-hybridized carbons (Fsp3) is 0.429. The quantitative estimate of drug-likeness (QED) is 0.557. The van der Waals surface area contributed by atoms with Crippen molar-refractivity contribution in [2.45, 2.75) is 37.1 Å². The van der Waals surface area contributed by atoms with Gasteiger partial charge >= 0.3 is 0 Å². The molecule has 0 aromatic heterocycles. The van der Waals surface area contributed by atoms with Gasteiger partial charge in [-0.25, -0.2) is 0 Å². The number of thioether (sulfide) groups is 1. The second kappa shape index (κ2) is 10.8. The number of carbonyl (C=O) groups excluding carboxylic acids is 2. The highest BCUT2D eigenvalue weighted by molar-refractivity contribution is 8.04. The van der Waals surface area contributed by atoms with Gasteiger partial charge in [-0.2, -0.15) is 0 Å². The summed E-state index contributed by atoms with van der Waals surface area (Å²) in [6, 6.07) is 18.2. The first-order valence-corrected chi connectivity index (χ1v) is 13.7. The zero-order chi connectivity index (χ0) is 24.4. The van der Waals surface area contributed by atoms with Crippen molar-refractivity contribution in [3.63, 3.8) is 0 Å². The van der Waals surface area contributed by atoms with Crippen LogP contribution in [0.5, 0.6) is 0 Å². The highest BCUT2D eigenvalue weighted by atomic mass is 35.5. The standard InChI is InChI=1S/C28H32ClN3O2S/c1-30-24-18-22(27(33)32-14-12-31(13-15-32)19-20-6-3-2-4-7-20)10-11-25(24)35-26(28(30)34)17-21-8-5-9-23(29)16-21/h2-9,16-17,22,24-25H,10-15,18-19H2,1H3/b26-17-. The van der Waals surface area contributed by atoms with E-state index in [1.807, 2.05) is 48.4 Å². The van der Waals surface area contributed by atoms with Crippen molar-refractivity contribution in [1.29, 1.82) is 0 Å². The first kappa shape index (κ1) is 24.4. The molecule has 5 nitrogen and oxygen atoms in total. The van der Waals surface area contributed by atoms with Gasteiger partial charge in [0, 0.05) is 62.0 Å². The number of amides is 2. The van der Waals surface area contributed by atoms with Crippen LogP contribution in [-0.2, 0) is 16.1 Å². The number of hydrogen-bond donors (Lipinski definition) is 0. The van der Waals surface area contributed by atoms with Crippen LogP contribution in [0.2, 0.25) is 5.02 Å². The van der Waals surface area contributed by atoms with Gasteiger partial charge in [0.2, 0.25) is 5.91 Å². The molecule has 3 unspecified atom stereocenters. The highest BCUT2D eigenvalue weighted by Gasteiger charge is 2.43. The summed E-state index contributed by atoms with van der Waals surface area (Å²) in [6.07, 6.45) is 4.54. The summed E-state index contributed by atoms with van der Waals surface area (Å²) in [7, 11) is 1.89. The summed E-state index contributed by atoms with van der Waals surface area (Å²) in [5, 5.41) is 0.994. The van der Waals surface area contributed by atoms with Gasteiger partial charge in [0.15, 0.2) is 0 Å². The van der Waals surface area contributed by atoms with Crippen LogP contribution < -0.4 is 0 Å². The van der Waals surface area contributed by atoms with Crippen LogP contribution in [0.25, 0.3) is 6.08 Å². The molecule has 1 aliphatic carbocycles. The molecule has 2 heterocycles. The molecule has 7 heteroatoms. The van der Waals surface area contributed by atoms with Crippen LogP contribution >= 0.6 is 23.4 Å². The number of likely N-dealkylation sites (N-methyl/N-ethyl adjacent to an activating group) is 1. The van der Waals surface area contributed by atoms with E-state index in [2.05, 4.69) is 34.1 Å². The van der Waals surface area contributed by atoms with E-state index < -0.39 is 0 Å². The third-order valence-electron chi connectivity index (χ3n) is 7.49. The normalized spacial score (nSPS) is 26.6. The highest BCUT2D eigenvalue weighted by Crippen LogP contribution is 2.43. The molecule has 3 atom stereocenters. The number of rotatable bonds is 4. The average molecular weight is 510 g/mol. The van der Waals surface area contributed by atoms with Crippen LogP contribution in [-0.4, -0.2) is 71.0 Å². The minimum Gasteiger partial charge on any atom is -0.340 e. The Balaban J connectivity index is 1.17. The number of carbonyl (C=O) groups is 2. The summed E-state index contributed by atoms with van der Waals surface area (Å²) in [6.45, 7) is 4.32. The summed E-state index contributed by atoms with van der Waals surface area (Å²) in [4.78, 5) is 33.6. The lowest BCUT2D eigenvalue weighted by Gasteiger charge is -2.45. The van der Waals surface area contributed by atoms with Crippen molar-refractivity contribution in [2.24, 2.45) is 5.92 Å². The molecule has 5 rings (SSSR count). The maximum Gasteiger partial charge on any atom is 0.260 e. The van der Waals surface area contributed by atoms with E-state index >= 15 is 0 Å². The summed E-state index contributed by atoms with van der Waals surface area (Å²) in [5.74, 6) is 0.319. The van der Waals surface area contributed by atoms with E-state index in [0.717, 1.165) is 62.5 Å². The van der Waals surface area contributed by atoms with Crippen molar-refractivity contribution in [1.82, 2.24) is 14.7 Å². The summed E-state index contributed by atoms with van der Waals surface area (Å²) in [5.41, 5.74) is 2.26. The zero-order valence-electron chi connectivity index (χ0n) is 20.1. The van der Waals surface area contributed by atoms with Crippen LogP contribution in [0.1, 0.15) is 30.4 Å². The molecule has 2 amide bonds. The Kier molecular flexibility index (Phi) is 7.51. The molecule has 2 aliphatic heterocycles. The summed E-state index contributed by atoms with van der Waals surface area (Å²) >= 11 is 7.80. The van der Waals surface area contributed by atoms with Gasteiger partial charge in [-0.3, -0.25) is 14.5 Å². The van der Waals surface area contributed by atoms with Gasteiger partial charge in [-0.1, -0.05) is 54.1 Å². The largest absolute Gasteiger partial charge is 0.340 e. The third-order valence-corrected chi connectivity index (χ3v) is 9.12. The van der Waals surface area contributed by atoms with Crippen LogP contribution in [0.4, 0.5) is 0 Å². The molecule has 35 heavy (non-hydrogen) atoms. The number of piperazine rings is 1. The Labute approximate surface area is 217 Å². The Hall–Kier alpha value is -2.28. The fourth-order valence-corrected chi connectivity index (χ4v) is 7.17. The maximum atomic E-state index is 13.4. The molecule has 2 aromatic rings. The Morgan fingerprint density at radius 3 is 2.57 bits per heavy atom. The summed E-state index contributed by atoms with van der Waals surface area (Å²) < 4.78 is 0. The molecule has 3 aliphatic rings. The maximum absolute atomic E-state index is 13.4. The minimum absolute atomic E-state index is 0.00577. The SMILES string of the molecule is CN1C(=O)/C(=C/c2cccc(Cl)c2)SC2CCC(C(=O)N3CCN(Cc4ccccc4)CC3)CC21. The second-order valence-electron chi connectivity index (χ2n) is 9.80. The van der Waals surface area contributed by atoms with Crippen LogP contribution in [0, 0.1) is 5.92 Å². The fourth-order valence-electron chi connectivity index (χ4n) is 5.50. The third kappa shape index (κ3) is 5.60. The number of fused-ring (bicyclic) bond motifs is 1. The number of halogens is 1. The molecule has 1 saturated carbocycles. The Bertz CT molecular complexity index is 1100. The lowest BCUT2D eigenvalue weighted by atomic mass is 9.83. The Morgan fingerprint density at radius 1 is 1.06 bits per heavy atom. The molecule has 0 bridgehead atoms. The molecule has 0 spiro atoms. The van der Waals surface area contributed by atoms with Gasteiger partial charge in [0.05, 0.1) is 4.91 Å². The number of hydrogen-bond acceptors (Lipinski definition) is 4. The molecule has 3 fully saturated rings. The van der Waals surface area contributed by atoms with Gasteiger partial charge in [-0.05, 0) is 48.6 Å². The molecular formula is C28H32ClN3O2S. The number of benzene rings is 2. The first-order valence-electron chi connectivity index (χ1n) is 12.4. The molecule has 2 aromatic carbocycles. The van der Waals surface area contributed by atoms with E-state index in [-0.39, 0.29) is 23.8 Å². The van der Waals surface area contributed by atoms with Gasteiger partial charge in [0.1, 0.15) is 0 Å². The average Bonchev–Trinajstić information content (AvgIpc) is 2.88. The molecule has 2 saturated heterocycles. The lowest BCUT2D eigenvalue weighted by molar-refractivity contribution is -0.140. The molecule has 184 valence electrons. The molecule has 0 radical (unpaired) electrons. The van der Waals surface area contributed by atoms with Crippen LogP contribution in [0.3, 0.4) is 0 Å². The van der Waals surface area contributed by atoms with Crippen molar-refractivity contribution in [3.8, 4) is 0 Å². The van der Waals surface area contributed by atoms with Crippen LogP contribution in [0.15, 0.2) is 59.5 Å². The lowest BCUT2D eigenvalue weighted by Crippen LogP contribution is -2.54. The molecule has 0 N–H and O–H groups in total. The van der Waals surface area contributed by atoms with E-state index in [0.29, 0.717) is 10.3 Å². The van der Waals surface area contributed by atoms with E-state index in [9.17, 15) is 9.59 Å². The van der Waals surface area contributed by atoms with Gasteiger partial charge < -0.3 is 9.80 Å². The van der Waals surface area contributed by atoms with Crippen molar-refractivity contribution < 1.29 is 9.59 Å². The monoisotopic (exact) mass is 509 g/mol. The smallest absolute Gasteiger partial charge is 0.260 e. The number of nitrogens with zero attached hydrogens (tertiary/aromatic N) is 3. The van der Waals surface area contributed by atoms with E-state index in [4.69, 9.17) is 11.6 Å². The second-order valence-corrected chi connectivity index (χ2v) is 11.5. The Morgan fingerprint density at radius 2 is 1.83 bits per heavy atom. The van der Waals surface area contributed by atoms with E-state index in [1.165, 1.54) is 5.56 Å². The first-order chi connectivity index (χ1) is 17.0. The predicted octanol–water partition coefficient (Wildman–Crippen LogP) is 4.77. The zero-order valence-corrected chi connectivity index (χ0v) is 21.7. The minimum atomic E-state index is 0.00577. The van der Waals surface area contributed by atoms with Crippen molar-refractivity contribution in [3.05, 3.63) is 75.7 Å². The van der Waals surface area contributed by atoms with E-state index in [1.54, 1.807) is 11.8 Å². The van der Waals surface area contributed by atoms with Gasteiger partial charge in [-0.15, -0.1) is 11.8 Å².